The Labute approximate surface area is 189 Å². The van der Waals surface area contributed by atoms with Crippen molar-refractivity contribution in [3.8, 4) is 0 Å². The largest absolute Gasteiger partial charge is 0.477 e. The zero-order valence-electron chi connectivity index (χ0n) is 18.1. The topological polar surface area (TPSA) is 126 Å². The van der Waals surface area contributed by atoms with Gasteiger partial charge in [-0.2, -0.15) is 4.98 Å². The van der Waals surface area contributed by atoms with Gasteiger partial charge >= 0.3 is 5.97 Å². The number of hydrogen-bond acceptors (Lipinski definition) is 7. The molecular weight excluding hydrogens is 426 g/mol. The summed E-state index contributed by atoms with van der Waals surface area (Å²) in [6.45, 7) is 4.05. The molecule has 1 saturated heterocycles. The number of nitrogens with zero attached hydrogens (tertiary/aromatic N) is 5. The standard InChI is InChI=1S/C23H23N5O5/c1-2-26-14-17(22(32)33)20(31)16-13-24-23(25-21(16)26)28-10-8-27(9-11-28)19(30)12-18(29)15-6-4-3-5-7-15/h3-7,13-14H,2,8-12H2,1H3,(H,32,33). The van der Waals surface area contributed by atoms with Crippen LogP contribution >= 0.6 is 0 Å². The number of carboxylic acid groups (broad SMARTS) is 1. The van der Waals surface area contributed by atoms with Gasteiger partial charge < -0.3 is 19.5 Å². The van der Waals surface area contributed by atoms with Crippen molar-refractivity contribution < 1.29 is 19.5 Å². The quantitative estimate of drug-likeness (QED) is 0.443. The van der Waals surface area contributed by atoms with Gasteiger partial charge in [0.1, 0.15) is 11.2 Å². The van der Waals surface area contributed by atoms with E-state index in [-0.39, 0.29) is 29.1 Å². The van der Waals surface area contributed by atoms with Gasteiger partial charge in [0.25, 0.3) is 0 Å². The summed E-state index contributed by atoms with van der Waals surface area (Å²) in [6.07, 6.45) is 2.48. The first-order valence-electron chi connectivity index (χ1n) is 10.6. The Kier molecular flexibility index (Phi) is 6.16. The van der Waals surface area contributed by atoms with Gasteiger partial charge in [-0.15, -0.1) is 0 Å². The zero-order valence-corrected chi connectivity index (χ0v) is 18.1. The van der Waals surface area contributed by atoms with E-state index < -0.39 is 11.4 Å². The van der Waals surface area contributed by atoms with Gasteiger partial charge in [0.05, 0.1) is 11.8 Å². The number of amides is 1. The number of benzene rings is 1. The number of fused-ring (bicyclic) bond motifs is 1. The number of piperazine rings is 1. The number of aromatic nitrogens is 3. The molecule has 0 unspecified atom stereocenters. The summed E-state index contributed by atoms with van der Waals surface area (Å²) in [4.78, 5) is 61.1. The van der Waals surface area contributed by atoms with E-state index in [2.05, 4.69) is 9.97 Å². The minimum Gasteiger partial charge on any atom is -0.477 e. The van der Waals surface area contributed by atoms with Crippen molar-refractivity contribution in [3.05, 3.63) is 64.1 Å². The number of hydrogen-bond donors (Lipinski definition) is 1. The highest BCUT2D eigenvalue weighted by Gasteiger charge is 2.25. The molecule has 10 heteroatoms. The van der Waals surface area contributed by atoms with Crippen molar-refractivity contribution in [3.63, 3.8) is 0 Å². The second-order valence-corrected chi connectivity index (χ2v) is 7.70. The highest BCUT2D eigenvalue weighted by Crippen LogP contribution is 2.17. The van der Waals surface area contributed by atoms with Gasteiger partial charge in [-0.1, -0.05) is 30.3 Å². The van der Waals surface area contributed by atoms with Crippen molar-refractivity contribution in [1.82, 2.24) is 19.4 Å². The van der Waals surface area contributed by atoms with Crippen molar-refractivity contribution >= 4 is 34.6 Å². The number of aromatic carboxylic acids is 1. The fraction of sp³-hybridized carbons (Fsp3) is 0.304. The monoisotopic (exact) mass is 449 g/mol. The minimum atomic E-state index is -1.29. The molecule has 1 amide bonds. The molecule has 0 atom stereocenters. The molecule has 1 fully saturated rings. The second-order valence-electron chi connectivity index (χ2n) is 7.70. The van der Waals surface area contributed by atoms with E-state index in [1.807, 2.05) is 17.9 Å². The average molecular weight is 449 g/mol. The van der Waals surface area contributed by atoms with Gasteiger partial charge in [-0.05, 0) is 6.92 Å². The van der Waals surface area contributed by atoms with E-state index in [0.717, 1.165) is 0 Å². The summed E-state index contributed by atoms with van der Waals surface area (Å²) in [5.74, 6) is -1.32. The molecule has 0 aliphatic carbocycles. The third-order valence-electron chi connectivity index (χ3n) is 5.70. The first-order chi connectivity index (χ1) is 15.9. The third kappa shape index (κ3) is 4.45. The molecule has 33 heavy (non-hydrogen) atoms. The summed E-state index contributed by atoms with van der Waals surface area (Å²) >= 11 is 0. The molecule has 0 radical (unpaired) electrons. The third-order valence-corrected chi connectivity index (χ3v) is 5.70. The Bertz CT molecular complexity index is 1280. The van der Waals surface area contributed by atoms with Crippen LogP contribution in [-0.2, 0) is 11.3 Å². The van der Waals surface area contributed by atoms with Gasteiger partial charge in [0.15, 0.2) is 5.78 Å². The maximum atomic E-state index is 12.6. The van der Waals surface area contributed by atoms with E-state index in [0.29, 0.717) is 49.9 Å². The summed E-state index contributed by atoms with van der Waals surface area (Å²) in [5.41, 5.74) is -0.0586. The van der Waals surface area contributed by atoms with Crippen molar-refractivity contribution in [1.29, 1.82) is 0 Å². The Balaban J connectivity index is 1.47. The number of carbonyl (C=O) groups is 3. The van der Waals surface area contributed by atoms with Gasteiger partial charge in [-0.25, -0.2) is 9.78 Å². The molecular formula is C23H23N5O5. The van der Waals surface area contributed by atoms with Crippen LogP contribution in [-0.4, -0.2) is 68.4 Å². The summed E-state index contributed by atoms with van der Waals surface area (Å²) in [6, 6.07) is 8.73. The maximum absolute atomic E-state index is 12.6. The normalized spacial score (nSPS) is 13.8. The summed E-state index contributed by atoms with van der Waals surface area (Å²) < 4.78 is 1.61. The summed E-state index contributed by atoms with van der Waals surface area (Å²) in [7, 11) is 0. The number of rotatable bonds is 6. The fourth-order valence-electron chi connectivity index (χ4n) is 3.84. The van der Waals surface area contributed by atoms with Crippen LogP contribution in [0.1, 0.15) is 34.1 Å². The lowest BCUT2D eigenvalue weighted by Crippen LogP contribution is -2.49. The van der Waals surface area contributed by atoms with Crippen LogP contribution in [0.4, 0.5) is 5.95 Å². The second kappa shape index (κ2) is 9.19. The predicted octanol–water partition coefficient (Wildman–Crippen LogP) is 1.43. The van der Waals surface area contributed by atoms with Crippen LogP contribution in [0, 0.1) is 0 Å². The molecule has 0 bridgehead atoms. The molecule has 0 saturated carbocycles. The molecule has 3 aromatic rings. The van der Waals surface area contributed by atoms with Crippen LogP contribution in [0.15, 0.2) is 47.5 Å². The van der Waals surface area contributed by atoms with Gasteiger partial charge in [-0.3, -0.25) is 14.4 Å². The van der Waals surface area contributed by atoms with E-state index in [1.54, 1.807) is 33.7 Å². The molecule has 3 heterocycles. The van der Waals surface area contributed by atoms with E-state index in [4.69, 9.17) is 0 Å². The first kappa shape index (κ1) is 22.1. The number of aryl methyl sites for hydroxylation is 1. The van der Waals surface area contributed by atoms with E-state index >= 15 is 0 Å². The molecule has 0 spiro atoms. The lowest BCUT2D eigenvalue weighted by Gasteiger charge is -2.34. The Morgan fingerprint density at radius 2 is 1.76 bits per heavy atom. The average Bonchev–Trinajstić information content (AvgIpc) is 2.84. The van der Waals surface area contributed by atoms with Crippen LogP contribution in [0.5, 0.6) is 0 Å². The smallest absolute Gasteiger partial charge is 0.341 e. The lowest BCUT2D eigenvalue weighted by molar-refractivity contribution is -0.130. The number of pyridine rings is 1. The summed E-state index contributed by atoms with van der Waals surface area (Å²) in [5, 5.41) is 9.42. The van der Waals surface area contributed by atoms with Crippen molar-refractivity contribution in [2.45, 2.75) is 19.9 Å². The lowest BCUT2D eigenvalue weighted by atomic mass is 10.1. The maximum Gasteiger partial charge on any atom is 0.341 e. The zero-order chi connectivity index (χ0) is 23.5. The van der Waals surface area contributed by atoms with Crippen LogP contribution in [0.25, 0.3) is 11.0 Å². The number of anilines is 1. The number of ketones is 1. The SMILES string of the molecule is CCn1cc(C(=O)O)c(=O)c2cnc(N3CCN(C(=O)CC(=O)c4ccccc4)CC3)nc21. The van der Waals surface area contributed by atoms with Crippen molar-refractivity contribution in [2.75, 3.05) is 31.1 Å². The molecule has 1 aliphatic rings. The molecule has 2 aromatic heterocycles. The number of Topliss-reactive ketones (excluding diaryl/α,β-unsaturated/α-hetero) is 1. The van der Waals surface area contributed by atoms with Gasteiger partial charge in [0, 0.05) is 50.7 Å². The van der Waals surface area contributed by atoms with Crippen molar-refractivity contribution in [2.24, 2.45) is 0 Å². The van der Waals surface area contributed by atoms with Gasteiger partial charge in [0.2, 0.25) is 17.3 Å². The Morgan fingerprint density at radius 3 is 2.39 bits per heavy atom. The highest BCUT2D eigenvalue weighted by molar-refractivity contribution is 6.07. The molecule has 10 nitrogen and oxygen atoms in total. The molecule has 1 N–H and O–H groups in total. The molecule has 1 aliphatic heterocycles. The molecule has 4 rings (SSSR count). The van der Waals surface area contributed by atoms with E-state index in [9.17, 15) is 24.3 Å². The molecule has 1 aromatic carbocycles. The number of carbonyl (C=O) groups excluding carboxylic acids is 2. The highest BCUT2D eigenvalue weighted by atomic mass is 16.4. The van der Waals surface area contributed by atoms with Crippen LogP contribution in [0.3, 0.4) is 0 Å². The van der Waals surface area contributed by atoms with Crippen LogP contribution in [0.2, 0.25) is 0 Å². The minimum absolute atomic E-state index is 0.147. The molecule has 170 valence electrons. The Morgan fingerprint density at radius 1 is 1.06 bits per heavy atom. The fourth-order valence-corrected chi connectivity index (χ4v) is 3.84. The first-order valence-corrected chi connectivity index (χ1v) is 10.6. The Hall–Kier alpha value is -4.08. The van der Waals surface area contributed by atoms with Crippen LogP contribution < -0.4 is 10.3 Å². The number of carboxylic acids is 1. The van der Waals surface area contributed by atoms with E-state index in [1.165, 1.54) is 12.4 Å². The predicted molar refractivity (Wildman–Crippen MR) is 121 cm³/mol.